The van der Waals surface area contributed by atoms with E-state index in [9.17, 15) is 9.90 Å². The maximum atomic E-state index is 12.0. The number of carboxylic acid groups (broad SMARTS) is 1. The summed E-state index contributed by atoms with van der Waals surface area (Å²) in [5.74, 6) is -0.251. The molecule has 0 saturated carbocycles. The van der Waals surface area contributed by atoms with Gasteiger partial charge >= 0.3 is 5.97 Å². The van der Waals surface area contributed by atoms with Crippen molar-refractivity contribution in [2.45, 2.75) is 13.0 Å². The van der Waals surface area contributed by atoms with Gasteiger partial charge in [-0.15, -0.1) is 11.3 Å². The molecule has 0 unspecified atom stereocenters. The monoisotopic (exact) mass is 561 g/mol. The molecule has 8 nitrogen and oxygen atoms in total. The van der Waals surface area contributed by atoms with Crippen molar-refractivity contribution < 1.29 is 24.1 Å². The molecule has 194 valence electrons. The van der Waals surface area contributed by atoms with E-state index in [1.165, 1.54) is 0 Å². The van der Waals surface area contributed by atoms with Crippen LogP contribution in [0.15, 0.2) is 48.8 Å². The highest BCUT2D eigenvalue weighted by Crippen LogP contribution is 2.39. The summed E-state index contributed by atoms with van der Waals surface area (Å²) in [4.78, 5) is 18.8. The van der Waals surface area contributed by atoms with Gasteiger partial charge in [0.05, 0.1) is 29.3 Å². The number of rotatable bonds is 9. The summed E-state index contributed by atoms with van der Waals surface area (Å²) in [6.07, 6.45) is 1.12. The van der Waals surface area contributed by atoms with E-state index in [-0.39, 0.29) is 10.6 Å². The van der Waals surface area contributed by atoms with Gasteiger partial charge in [0.25, 0.3) is 0 Å². The number of carboxylic acids is 1. The van der Waals surface area contributed by atoms with Crippen molar-refractivity contribution in [3.63, 3.8) is 0 Å². The summed E-state index contributed by atoms with van der Waals surface area (Å²) < 4.78 is 19.3. The Kier molecular flexibility index (Phi) is 7.87. The van der Waals surface area contributed by atoms with Crippen molar-refractivity contribution in [2.24, 2.45) is 0 Å². The highest BCUT2D eigenvalue weighted by molar-refractivity contribution is 7.16. The zero-order valence-corrected chi connectivity index (χ0v) is 22.4. The molecule has 0 aliphatic carbocycles. The van der Waals surface area contributed by atoms with E-state index in [0.29, 0.717) is 38.5 Å². The Morgan fingerprint density at radius 2 is 2.00 bits per heavy atom. The predicted octanol–water partition coefficient (Wildman–Crippen LogP) is 5.94. The van der Waals surface area contributed by atoms with Crippen LogP contribution in [0.3, 0.4) is 0 Å². The molecule has 2 aromatic heterocycles. The van der Waals surface area contributed by atoms with Crippen LogP contribution in [0.1, 0.15) is 28.3 Å². The minimum atomic E-state index is -1.07. The zero-order valence-electron chi connectivity index (χ0n) is 20.0. The number of nitrogens with zero attached hydrogens (tertiary/aromatic N) is 3. The van der Waals surface area contributed by atoms with Gasteiger partial charge in [-0.1, -0.05) is 35.3 Å². The van der Waals surface area contributed by atoms with Crippen LogP contribution in [-0.2, 0) is 4.74 Å². The molecule has 1 N–H and O–H groups in total. The molecule has 1 fully saturated rings. The molecule has 0 amide bonds. The fraction of sp³-hybridized carbons (Fsp3) is 0.308. The second kappa shape index (κ2) is 11.3. The number of thiophene rings is 1. The fourth-order valence-electron chi connectivity index (χ4n) is 4.20. The Balaban J connectivity index is 1.34. The third-order valence-corrected chi connectivity index (χ3v) is 7.87. The van der Waals surface area contributed by atoms with Crippen LogP contribution in [0.5, 0.6) is 11.5 Å². The van der Waals surface area contributed by atoms with Gasteiger partial charge in [0.1, 0.15) is 35.5 Å². The maximum Gasteiger partial charge on any atom is 0.349 e. The molecular formula is C26H25Cl2N3O5S. The second-order valence-corrected chi connectivity index (χ2v) is 10.4. The molecule has 0 radical (unpaired) electrons. The average molecular weight is 562 g/mol. The lowest BCUT2D eigenvalue weighted by Crippen LogP contribution is -2.38. The Morgan fingerprint density at radius 3 is 2.78 bits per heavy atom. The molecule has 0 spiro atoms. The van der Waals surface area contributed by atoms with Crippen LogP contribution in [-0.4, -0.2) is 65.0 Å². The Bertz CT molecular complexity index is 1420. The quantitative estimate of drug-likeness (QED) is 0.270. The van der Waals surface area contributed by atoms with Crippen molar-refractivity contribution in [1.82, 2.24) is 14.5 Å². The molecule has 1 atom stereocenters. The summed E-state index contributed by atoms with van der Waals surface area (Å²) in [6, 6.07) is 12.6. The molecule has 1 saturated heterocycles. The molecule has 0 bridgehead atoms. The Hall–Kier alpha value is -2.82. The van der Waals surface area contributed by atoms with Gasteiger partial charge in [0, 0.05) is 36.3 Å². The smallest absolute Gasteiger partial charge is 0.349 e. The first-order valence-corrected chi connectivity index (χ1v) is 13.4. The molecule has 37 heavy (non-hydrogen) atoms. The van der Waals surface area contributed by atoms with Crippen LogP contribution in [0.2, 0.25) is 10.0 Å². The number of morpholine rings is 1. The minimum Gasteiger partial charge on any atom is -0.491 e. The number of aromatic nitrogens is 2. The Morgan fingerprint density at radius 1 is 1.19 bits per heavy atom. The fourth-order valence-corrected chi connectivity index (χ4v) is 5.61. The summed E-state index contributed by atoms with van der Waals surface area (Å²) in [5.41, 5.74) is 2.23. The van der Waals surface area contributed by atoms with Gasteiger partial charge in [-0.2, -0.15) is 0 Å². The van der Waals surface area contributed by atoms with Crippen LogP contribution in [0.25, 0.3) is 16.0 Å². The number of hydrogen-bond donors (Lipinski definition) is 1. The van der Waals surface area contributed by atoms with E-state index >= 15 is 0 Å². The molecule has 1 aliphatic heterocycles. The van der Waals surface area contributed by atoms with Gasteiger partial charge in [0.2, 0.25) is 0 Å². The number of carbonyl (C=O) groups is 1. The van der Waals surface area contributed by atoms with Crippen molar-refractivity contribution in [1.29, 1.82) is 0 Å². The third kappa shape index (κ3) is 5.71. The second-order valence-electron chi connectivity index (χ2n) is 8.55. The summed E-state index contributed by atoms with van der Waals surface area (Å²) in [7, 11) is 0. The molecule has 4 aromatic rings. The number of imidazole rings is 1. The largest absolute Gasteiger partial charge is 0.491 e. The van der Waals surface area contributed by atoms with Crippen molar-refractivity contribution in [2.75, 3.05) is 39.5 Å². The first kappa shape index (κ1) is 25.8. The van der Waals surface area contributed by atoms with E-state index in [1.54, 1.807) is 24.5 Å². The van der Waals surface area contributed by atoms with Gasteiger partial charge in [0.15, 0.2) is 4.88 Å². The van der Waals surface area contributed by atoms with Crippen LogP contribution in [0, 0.1) is 0 Å². The molecule has 1 aliphatic rings. The van der Waals surface area contributed by atoms with Crippen molar-refractivity contribution >= 4 is 51.5 Å². The zero-order chi connectivity index (χ0) is 25.9. The van der Waals surface area contributed by atoms with E-state index in [4.69, 9.17) is 37.4 Å². The van der Waals surface area contributed by atoms with Gasteiger partial charge in [-0.05, 0) is 31.2 Å². The normalized spacial score (nSPS) is 15.1. The number of halogens is 2. The van der Waals surface area contributed by atoms with Gasteiger partial charge in [-0.25, -0.2) is 9.78 Å². The third-order valence-electron chi connectivity index (χ3n) is 6.13. The number of benzene rings is 2. The lowest BCUT2D eigenvalue weighted by Gasteiger charge is -2.26. The van der Waals surface area contributed by atoms with E-state index < -0.39 is 12.1 Å². The van der Waals surface area contributed by atoms with E-state index in [1.807, 2.05) is 35.8 Å². The van der Waals surface area contributed by atoms with Crippen LogP contribution in [0.4, 0.5) is 0 Å². The summed E-state index contributed by atoms with van der Waals surface area (Å²) >= 11 is 13.9. The predicted molar refractivity (Wildman–Crippen MR) is 144 cm³/mol. The summed E-state index contributed by atoms with van der Waals surface area (Å²) in [6.45, 7) is 6.36. The summed E-state index contributed by atoms with van der Waals surface area (Å²) in [5, 5.41) is 11.5. The highest BCUT2D eigenvalue weighted by Gasteiger charge is 2.23. The highest BCUT2D eigenvalue weighted by atomic mass is 35.5. The molecule has 3 heterocycles. The lowest BCUT2D eigenvalue weighted by atomic mass is 10.1. The number of fused-ring (bicyclic) bond motifs is 1. The van der Waals surface area contributed by atoms with Gasteiger partial charge < -0.3 is 19.3 Å². The van der Waals surface area contributed by atoms with Gasteiger partial charge in [-0.3, -0.25) is 9.47 Å². The average Bonchev–Trinajstić information content (AvgIpc) is 3.49. The van der Waals surface area contributed by atoms with Crippen LogP contribution < -0.4 is 9.47 Å². The molecule has 5 rings (SSSR count). The molecule has 11 heteroatoms. The standard InChI is InChI=1S/C26H25Cl2N3O5S/c1-16(18-3-2-4-21(24(18)28)35-12-9-30-7-10-34-11-8-30)36-22-14-23(37-25(22)26(32)33)31-15-29-19-13-17(27)5-6-20(19)31/h2-6,13-16H,7-12H2,1H3,(H,32,33)/t16-/m1/s1. The van der Waals surface area contributed by atoms with E-state index in [0.717, 1.165) is 49.7 Å². The number of hydrogen-bond acceptors (Lipinski definition) is 7. The van der Waals surface area contributed by atoms with Crippen molar-refractivity contribution in [3.8, 4) is 16.5 Å². The number of aromatic carboxylic acids is 1. The van der Waals surface area contributed by atoms with Crippen molar-refractivity contribution in [3.05, 3.63) is 69.3 Å². The lowest BCUT2D eigenvalue weighted by molar-refractivity contribution is 0.0322. The van der Waals surface area contributed by atoms with Crippen LogP contribution >= 0.6 is 34.5 Å². The maximum absolute atomic E-state index is 12.0. The topological polar surface area (TPSA) is 86.1 Å². The first-order chi connectivity index (χ1) is 17.9. The SMILES string of the molecule is C[C@@H](Oc1cc(-n2cnc3cc(Cl)ccc32)sc1C(=O)O)c1cccc(OCCN2CCOCC2)c1Cl. The number of ether oxygens (including phenoxy) is 3. The molecule has 2 aromatic carbocycles. The Labute approximate surface area is 227 Å². The minimum absolute atomic E-state index is 0.0895. The first-order valence-electron chi connectivity index (χ1n) is 11.8. The molecular weight excluding hydrogens is 537 g/mol. The van der Waals surface area contributed by atoms with E-state index in [2.05, 4.69) is 9.88 Å².